The van der Waals surface area contributed by atoms with Crippen LogP contribution >= 0.6 is 11.8 Å². The first-order valence-corrected chi connectivity index (χ1v) is 10.1. The van der Waals surface area contributed by atoms with Gasteiger partial charge in [0, 0.05) is 24.7 Å². The van der Waals surface area contributed by atoms with E-state index in [1.54, 1.807) is 29.2 Å². The summed E-state index contributed by atoms with van der Waals surface area (Å²) in [6, 6.07) is 9.56. The quantitative estimate of drug-likeness (QED) is 0.672. The van der Waals surface area contributed by atoms with Crippen LogP contribution in [-0.4, -0.2) is 57.6 Å². The number of benzene rings is 1. The summed E-state index contributed by atoms with van der Waals surface area (Å²) < 4.78 is 5.70. The number of nitrogens with zero attached hydrogens (tertiary/aromatic N) is 2. The fourth-order valence-corrected chi connectivity index (χ4v) is 3.79. The van der Waals surface area contributed by atoms with Crippen LogP contribution in [0, 0.1) is 0 Å². The molecule has 0 spiro atoms. The molecule has 1 aliphatic rings. The molecule has 3 rings (SSSR count). The summed E-state index contributed by atoms with van der Waals surface area (Å²) in [4.78, 5) is 50.8. The van der Waals surface area contributed by atoms with E-state index in [4.69, 9.17) is 9.52 Å². The van der Waals surface area contributed by atoms with Crippen molar-refractivity contribution < 1.29 is 28.7 Å². The number of carbonyl (C=O) groups excluding carboxylic acids is 3. The van der Waals surface area contributed by atoms with Crippen molar-refractivity contribution in [2.75, 3.05) is 19.6 Å². The van der Waals surface area contributed by atoms with Crippen LogP contribution in [0.2, 0.25) is 0 Å². The van der Waals surface area contributed by atoms with E-state index in [1.165, 1.54) is 18.2 Å². The molecule has 2 aromatic rings. The normalized spacial score (nSPS) is 15.1. The second kappa shape index (κ2) is 9.00. The van der Waals surface area contributed by atoms with Gasteiger partial charge in [-0.3, -0.25) is 19.3 Å². The first kappa shape index (κ1) is 21.4. The first-order chi connectivity index (χ1) is 14.3. The smallest absolute Gasteiger partial charge is 0.335 e. The Morgan fingerprint density at radius 3 is 2.57 bits per heavy atom. The number of aromatic carboxylic acids is 1. The van der Waals surface area contributed by atoms with E-state index in [-0.39, 0.29) is 22.9 Å². The molecule has 0 aliphatic carbocycles. The molecule has 1 N–H and O–H groups in total. The van der Waals surface area contributed by atoms with Crippen molar-refractivity contribution in [3.63, 3.8) is 0 Å². The van der Waals surface area contributed by atoms with Gasteiger partial charge in [0.05, 0.1) is 10.5 Å². The number of rotatable bonds is 7. The molecule has 1 aromatic carbocycles. The van der Waals surface area contributed by atoms with E-state index in [0.717, 1.165) is 16.7 Å². The van der Waals surface area contributed by atoms with Gasteiger partial charge in [-0.15, -0.1) is 0 Å². The van der Waals surface area contributed by atoms with Crippen LogP contribution in [0.15, 0.2) is 45.7 Å². The Morgan fingerprint density at radius 2 is 1.90 bits per heavy atom. The molecule has 8 nitrogen and oxygen atoms in total. The standard InChI is InChI=1S/C21H20N2O6S/c1-3-22(4-2)18(24)12-23-19(25)17(30-21(23)28)11-15-8-9-16(29-15)13-6-5-7-14(10-13)20(26)27/h5-11H,3-4,12H2,1-2H3,(H,26,27)/b17-11-. The molecule has 0 radical (unpaired) electrons. The SMILES string of the molecule is CCN(CC)C(=O)CN1C(=O)S/C(=C\c2ccc(-c3cccc(C(=O)O)c3)o2)C1=O. The van der Waals surface area contributed by atoms with Gasteiger partial charge in [0.15, 0.2) is 0 Å². The van der Waals surface area contributed by atoms with Crippen molar-refractivity contribution in [1.29, 1.82) is 0 Å². The van der Waals surface area contributed by atoms with E-state index in [9.17, 15) is 19.2 Å². The van der Waals surface area contributed by atoms with Gasteiger partial charge in [0.25, 0.3) is 11.1 Å². The summed E-state index contributed by atoms with van der Waals surface area (Å²) in [5.74, 6) is -1.11. The van der Waals surface area contributed by atoms with E-state index in [2.05, 4.69) is 0 Å². The summed E-state index contributed by atoms with van der Waals surface area (Å²) >= 11 is 0.747. The van der Waals surface area contributed by atoms with Gasteiger partial charge in [-0.25, -0.2) is 4.79 Å². The molecule has 0 bridgehead atoms. The highest BCUT2D eigenvalue weighted by molar-refractivity contribution is 8.18. The maximum Gasteiger partial charge on any atom is 0.335 e. The van der Waals surface area contributed by atoms with E-state index in [0.29, 0.717) is 30.2 Å². The molecule has 1 fully saturated rings. The topological polar surface area (TPSA) is 108 Å². The Kier molecular flexibility index (Phi) is 6.41. The van der Waals surface area contributed by atoms with E-state index >= 15 is 0 Å². The van der Waals surface area contributed by atoms with Crippen LogP contribution < -0.4 is 0 Å². The first-order valence-electron chi connectivity index (χ1n) is 9.30. The largest absolute Gasteiger partial charge is 0.478 e. The summed E-state index contributed by atoms with van der Waals surface area (Å²) in [5, 5.41) is 8.61. The lowest BCUT2D eigenvalue weighted by molar-refractivity contribution is -0.135. The number of hydrogen-bond acceptors (Lipinski definition) is 6. The van der Waals surface area contributed by atoms with Crippen LogP contribution in [-0.2, 0) is 9.59 Å². The van der Waals surface area contributed by atoms with Crippen molar-refractivity contribution in [3.8, 4) is 11.3 Å². The molecular weight excluding hydrogens is 408 g/mol. The number of hydrogen-bond donors (Lipinski definition) is 1. The summed E-state index contributed by atoms with van der Waals surface area (Å²) in [6.45, 7) is 4.36. The van der Waals surface area contributed by atoms with Gasteiger partial charge in [-0.2, -0.15) is 0 Å². The monoisotopic (exact) mass is 428 g/mol. The second-order valence-electron chi connectivity index (χ2n) is 6.42. The Balaban J connectivity index is 1.77. The molecule has 9 heteroatoms. The van der Waals surface area contributed by atoms with Crippen molar-refractivity contribution in [2.45, 2.75) is 13.8 Å². The van der Waals surface area contributed by atoms with Crippen LogP contribution in [0.25, 0.3) is 17.4 Å². The highest BCUT2D eigenvalue weighted by atomic mass is 32.2. The van der Waals surface area contributed by atoms with Crippen molar-refractivity contribution in [2.24, 2.45) is 0 Å². The molecular formula is C21H20N2O6S. The highest BCUT2D eigenvalue weighted by Crippen LogP contribution is 2.33. The second-order valence-corrected chi connectivity index (χ2v) is 7.42. The zero-order valence-corrected chi connectivity index (χ0v) is 17.3. The number of amides is 3. The predicted octanol–water partition coefficient (Wildman–Crippen LogP) is 3.55. The molecule has 1 aromatic heterocycles. The fourth-order valence-electron chi connectivity index (χ4n) is 2.97. The third-order valence-electron chi connectivity index (χ3n) is 4.58. The molecule has 0 unspecified atom stereocenters. The van der Waals surface area contributed by atoms with Gasteiger partial charge in [-0.1, -0.05) is 12.1 Å². The molecule has 1 aliphatic heterocycles. The molecule has 0 atom stereocenters. The average Bonchev–Trinajstić information content (AvgIpc) is 3.29. The van der Waals surface area contributed by atoms with Crippen molar-refractivity contribution >= 4 is 40.9 Å². The van der Waals surface area contributed by atoms with Gasteiger partial charge < -0.3 is 14.4 Å². The summed E-state index contributed by atoms with van der Waals surface area (Å²) in [7, 11) is 0. The summed E-state index contributed by atoms with van der Waals surface area (Å²) in [6.07, 6.45) is 1.44. The summed E-state index contributed by atoms with van der Waals surface area (Å²) in [5.41, 5.74) is 0.705. The molecule has 0 saturated carbocycles. The van der Waals surface area contributed by atoms with Crippen LogP contribution in [0.1, 0.15) is 30.0 Å². The molecule has 30 heavy (non-hydrogen) atoms. The highest BCUT2D eigenvalue weighted by Gasteiger charge is 2.37. The predicted molar refractivity (Wildman–Crippen MR) is 112 cm³/mol. The third-order valence-corrected chi connectivity index (χ3v) is 5.48. The maximum atomic E-state index is 12.6. The van der Waals surface area contributed by atoms with Crippen LogP contribution in [0.3, 0.4) is 0 Å². The number of carboxylic acid groups (broad SMARTS) is 1. The number of thioether (sulfide) groups is 1. The molecule has 1 saturated heterocycles. The Hall–Kier alpha value is -3.33. The minimum Gasteiger partial charge on any atom is -0.478 e. The van der Waals surface area contributed by atoms with Crippen molar-refractivity contribution in [1.82, 2.24) is 9.80 Å². The van der Waals surface area contributed by atoms with Crippen LogP contribution in [0.4, 0.5) is 4.79 Å². The zero-order valence-electron chi connectivity index (χ0n) is 16.5. The lowest BCUT2D eigenvalue weighted by atomic mass is 10.1. The lowest BCUT2D eigenvalue weighted by Crippen LogP contribution is -2.41. The maximum absolute atomic E-state index is 12.6. The Bertz CT molecular complexity index is 1040. The zero-order chi connectivity index (χ0) is 21.8. The number of carbonyl (C=O) groups is 4. The van der Waals surface area contributed by atoms with Gasteiger partial charge in [0.2, 0.25) is 5.91 Å². The average molecular weight is 428 g/mol. The number of imide groups is 1. The fraction of sp³-hybridized carbons (Fsp3) is 0.238. The minimum atomic E-state index is -1.04. The Labute approximate surface area is 177 Å². The molecule has 156 valence electrons. The minimum absolute atomic E-state index is 0.129. The Morgan fingerprint density at radius 1 is 1.17 bits per heavy atom. The third kappa shape index (κ3) is 4.46. The van der Waals surface area contributed by atoms with E-state index in [1.807, 2.05) is 13.8 Å². The number of carboxylic acids is 1. The number of likely N-dealkylation sites (N-methyl/N-ethyl adjacent to an activating group) is 1. The lowest BCUT2D eigenvalue weighted by Gasteiger charge is -2.21. The van der Waals surface area contributed by atoms with E-state index < -0.39 is 17.1 Å². The van der Waals surface area contributed by atoms with Gasteiger partial charge in [-0.05, 0) is 49.9 Å². The molecule has 2 heterocycles. The molecule has 3 amide bonds. The van der Waals surface area contributed by atoms with Gasteiger partial charge >= 0.3 is 5.97 Å². The van der Waals surface area contributed by atoms with Gasteiger partial charge in [0.1, 0.15) is 18.1 Å². The number of furan rings is 1. The van der Waals surface area contributed by atoms with Crippen LogP contribution in [0.5, 0.6) is 0 Å². The van der Waals surface area contributed by atoms with Crippen molar-refractivity contribution in [3.05, 3.63) is 52.6 Å².